The van der Waals surface area contributed by atoms with Crippen molar-refractivity contribution >= 4 is 62.1 Å². The van der Waals surface area contributed by atoms with Crippen LogP contribution in [-0.4, -0.2) is 6.29 Å². The Morgan fingerprint density at radius 3 is 1.18 bits per heavy atom. The molecule has 0 aromatic carbocycles. The second kappa shape index (κ2) is 5.07. The van der Waals surface area contributed by atoms with E-state index < -0.39 is 29.3 Å². The monoisotopic (exact) mass is 348 g/mol. The summed E-state index contributed by atoms with van der Waals surface area (Å²) in [5.74, 6) is 0. The molecule has 0 aliphatic rings. The Balaban J connectivity index is 4.56. The van der Waals surface area contributed by atoms with Crippen LogP contribution in [0.4, 0.5) is 0 Å². The molecule has 9 heteroatoms. The van der Waals surface area contributed by atoms with Gasteiger partial charge >= 0.3 is 96.3 Å². The van der Waals surface area contributed by atoms with Crippen molar-refractivity contribution in [2.45, 2.75) is 2.53 Å². The zero-order valence-electron chi connectivity index (χ0n) is 4.83. The van der Waals surface area contributed by atoms with Crippen molar-refractivity contribution < 1.29 is 31.6 Å². The number of aldehydes is 1. The molecule has 0 heterocycles. The molecule has 0 amide bonds. The van der Waals surface area contributed by atoms with Gasteiger partial charge in [0.05, 0.1) is 0 Å². The first-order chi connectivity index (χ1) is 4.69. The Morgan fingerprint density at radius 1 is 0.909 bits per heavy atom. The molecule has 11 heavy (non-hydrogen) atoms. The number of rotatable bonds is 3. The molecule has 0 aromatic heterocycles. The van der Waals surface area contributed by atoms with Crippen molar-refractivity contribution in [1.82, 2.24) is 0 Å². The predicted octanol–water partition coefficient (Wildman–Crippen LogP) is 4.16. The van der Waals surface area contributed by atoms with Crippen LogP contribution in [-0.2, 0) is 31.6 Å². The third kappa shape index (κ3) is 5.32. The zero-order valence-corrected chi connectivity index (χ0v) is 12.5. The van der Waals surface area contributed by atoms with Gasteiger partial charge in [-0.25, -0.2) is 0 Å². The molecule has 0 N–H and O–H groups in total. The molecule has 0 radical (unpaired) electrons. The predicted molar refractivity (Wildman–Crippen MR) is 44.9 cm³/mol. The number of hydrogen-bond donors (Lipinski definition) is 0. The maximum atomic E-state index is 10.4. The summed E-state index contributed by atoms with van der Waals surface area (Å²) < 4.78 is -0.898. The van der Waals surface area contributed by atoms with E-state index in [2.05, 4.69) is 0 Å². The summed E-state index contributed by atoms with van der Waals surface area (Å²) in [6.07, 6.45) is 0.458. The van der Waals surface area contributed by atoms with Crippen LogP contribution in [0.2, 0.25) is 2.53 Å². The molecule has 0 rings (SSSR count). The molecule has 0 spiro atoms. The van der Waals surface area contributed by atoms with E-state index in [0.29, 0.717) is 6.29 Å². The molecular formula is C2H2Cl6OTi2. The van der Waals surface area contributed by atoms with Gasteiger partial charge in [0.2, 0.25) is 0 Å². The average molecular weight is 350 g/mol. The van der Waals surface area contributed by atoms with Gasteiger partial charge in [-0.1, -0.05) is 0 Å². The maximum absolute atomic E-state index is 10.4. The zero-order chi connectivity index (χ0) is 9.28. The summed E-state index contributed by atoms with van der Waals surface area (Å²) in [5.41, 5.74) is 0. The number of halogens is 6. The van der Waals surface area contributed by atoms with Crippen LogP contribution in [0.5, 0.6) is 0 Å². The van der Waals surface area contributed by atoms with Crippen LogP contribution in [0.15, 0.2) is 0 Å². The van der Waals surface area contributed by atoms with E-state index in [1.54, 1.807) is 0 Å². The Labute approximate surface area is 94.6 Å². The fourth-order valence-corrected chi connectivity index (χ4v) is 30.3. The van der Waals surface area contributed by atoms with Crippen LogP contribution >= 0.6 is 55.8 Å². The quantitative estimate of drug-likeness (QED) is 0.552. The van der Waals surface area contributed by atoms with E-state index in [0.717, 1.165) is 0 Å². The van der Waals surface area contributed by atoms with Gasteiger partial charge in [0.15, 0.2) is 0 Å². The molecule has 0 saturated heterocycles. The first kappa shape index (κ1) is 13.8. The molecule has 1 nitrogen and oxygen atoms in total. The first-order valence-electron chi connectivity index (χ1n) is 2.28. The van der Waals surface area contributed by atoms with Crippen LogP contribution in [0.3, 0.4) is 0 Å². The third-order valence-electron chi connectivity index (χ3n) is 0.841. The SMILES string of the molecule is O=C[CH]([Ti]([Cl])([Cl])[Cl])[Ti]([Cl])([Cl])[Cl]. The summed E-state index contributed by atoms with van der Waals surface area (Å²) in [6.45, 7) is 0. The summed E-state index contributed by atoms with van der Waals surface area (Å²) in [6, 6.07) is 0. The van der Waals surface area contributed by atoms with E-state index in [1.165, 1.54) is 0 Å². The molecule has 0 unspecified atom stereocenters. The number of carbonyl (C=O) groups excluding carboxylic acids is 1. The normalized spacial score (nSPS) is 13.7. The summed E-state index contributed by atoms with van der Waals surface area (Å²) in [7, 11) is 33.4. The Bertz CT molecular complexity index is 134. The van der Waals surface area contributed by atoms with Crippen LogP contribution in [0.1, 0.15) is 0 Å². The molecule has 0 aliphatic heterocycles. The number of carbonyl (C=O) groups is 1. The molecule has 66 valence electrons. The summed E-state index contributed by atoms with van der Waals surface area (Å²) in [5, 5.41) is 0. The van der Waals surface area contributed by atoms with E-state index in [1.807, 2.05) is 0 Å². The van der Waals surface area contributed by atoms with Gasteiger partial charge in [0.25, 0.3) is 0 Å². The van der Waals surface area contributed by atoms with E-state index in [4.69, 9.17) is 55.8 Å². The van der Waals surface area contributed by atoms with Crippen molar-refractivity contribution in [3.8, 4) is 0 Å². The number of hydrogen-bond acceptors (Lipinski definition) is 1. The minimum atomic E-state index is -3.67. The van der Waals surface area contributed by atoms with Crippen molar-refractivity contribution in [1.29, 1.82) is 0 Å². The van der Waals surface area contributed by atoms with Gasteiger partial charge in [-0.15, -0.1) is 0 Å². The Kier molecular flexibility index (Phi) is 6.38. The van der Waals surface area contributed by atoms with E-state index in [9.17, 15) is 4.79 Å². The molecular weight excluding hydrogens is 348 g/mol. The molecule has 0 bridgehead atoms. The molecule has 0 aromatic rings. The van der Waals surface area contributed by atoms with Gasteiger partial charge in [-0.05, 0) is 0 Å². The van der Waals surface area contributed by atoms with Crippen molar-refractivity contribution in [3.63, 3.8) is 0 Å². The third-order valence-corrected chi connectivity index (χ3v) is 21.9. The Morgan fingerprint density at radius 2 is 1.18 bits per heavy atom. The fraction of sp³-hybridized carbons (Fsp3) is 0.500. The Hall–Kier alpha value is 2.84. The standard InChI is InChI=1S/C2H2O.6ClH.2Ti/c1-2-3;;;;;;;;/h1-2H;6*1H;;/q;;;;;;;2*+3/p-6. The molecule has 0 fully saturated rings. The van der Waals surface area contributed by atoms with Crippen LogP contribution in [0.25, 0.3) is 0 Å². The molecule has 0 atom stereocenters. The van der Waals surface area contributed by atoms with E-state index >= 15 is 0 Å². The summed E-state index contributed by atoms with van der Waals surface area (Å²) >= 11 is -7.33. The topological polar surface area (TPSA) is 17.1 Å². The van der Waals surface area contributed by atoms with Crippen molar-refractivity contribution in [2.75, 3.05) is 0 Å². The van der Waals surface area contributed by atoms with Gasteiger partial charge in [-0.3, -0.25) is 0 Å². The van der Waals surface area contributed by atoms with E-state index in [-0.39, 0.29) is 0 Å². The molecule has 0 aliphatic carbocycles. The van der Waals surface area contributed by atoms with Crippen LogP contribution in [0, 0.1) is 0 Å². The van der Waals surface area contributed by atoms with Gasteiger partial charge in [0, 0.05) is 0 Å². The molecule has 0 saturated carbocycles. The fourth-order valence-electron chi connectivity index (χ4n) is 0.340. The first-order valence-corrected chi connectivity index (χ1v) is 17.0. The van der Waals surface area contributed by atoms with Gasteiger partial charge in [0.1, 0.15) is 0 Å². The van der Waals surface area contributed by atoms with Crippen molar-refractivity contribution in [3.05, 3.63) is 0 Å². The summed E-state index contributed by atoms with van der Waals surface area (Å²) in [4.78, 5) is 10.4. The second-order valence-electron chi connectivity index (χ2n) is 1.70. The van der Waals surface area contributed by atoms with Gasteiger partial charge < -0.3 is 0 Å². The van der Waals surface area contributed by atoms with Gasteiger partial charge in [-0.2, -0.15) is 0 Å². The van der Waals surface area contributed by atoms with Crippen molar-refractivity contribution in [2.24, 2.45) is 0 Å². The van der Waals surface area contributed by atoms with Crippen LogP contribution < -0.4 is 0 Å². The second-order valence-corrected chi connectivity index (χ2v) is 28.0. The minimum absolute atomic E-state index is 0.458. The average Bonchev–Trinajstić information content (AvgIpc) is 1.56.